The van der Waals surface area contributed by atoms with Gasteiger partial charge >= 0.3 is 0 Å². The summed E-state index contributed by atoms with van der Waals surface area (Å²) in [5, 5.41) is 5.65. The van der Waals surface area contributed by atoms with Gasteiger partial charge in [-0.15, -0.1) is 0 Å². The molecular weight excluding hydrogens is 278 g/mol. The highest BCUT2D eigenvalue weighted by Gasteiger charge is 2.11. The lowest BCUT2D eigenvalue weighted by Crippen LogP contribution is -2.29. The third-order valence-corrected chi connectivity index (χ3v) is 3.29. The van der Waals surface area contributed by atoms with Crippen molar-refractivity contribution in [3.05, 3.63) is 29.6 Å². The first kappa shape index (κ1) is 18.1. The molecule has 0 radical (unpaired) electrons. The van der Waals surface area contributed by atoms with Gasteiger partial charge in [0.15, 0.2) is 0 Å². The maximum absolute atomic E-state index is 12.0. The Labute approximate surface area is 132 Å². The van der Waals surface area contributed by atoms with Crippen LogP contribution in [0.4, 0.5) is 0 Å². The minimum atomic E-state index is -0.235. The molecule has 1 heterocycles. The maximum Gasteiger partial charge on any atom is 0.269 e. The number of rotatable bonds is 9. The second-order valence-corrected chi connectivity index (χ2v) is 5.81. The van der Waals surface area contributed by atoms with Crippen molar-refractivity contribution in [2.75, 3.05) is 13.1 Å². The fraction of sp³-hybridized carbons (Fsp3) is 0.588. The lowest BCUT2D eigenvalue weighted by atomic mass is 10.1. The normalized spacial score (nSPS) is 10.5. The van der Waals surface area contributed by atoms with E-state index in [1.54, 1.807) is 18.2 Å². The highest BCUT2D eigenvalue weighted by molar-refractivity contribution is 5.96. The Bertz CT molecular complexity index is 487. The summed E-state index contributed by atoms with van der Waals surface area (Å²) < 4.78 is 0. The zero-order chi connectivity index (χ0) is 16.4. The van der Waals surface area contributed by atoms with Crippen molar-refractivity contribution >= 4 is 11.8 Å². The quantitative estimate of drug-likeness (QED) is 0.689. The number of hydrogen-bond donors (Lipinski definition) is 2. The molecule has 0 bridgehead atoms. The van der Waals surface area contributed by atoms with Crippen molar-refractivity contribution in [3.63, 3.8) is 0 Å². The van der Waals surface area contributed by atoms with Crippen LogP contribution in [-0.4, -0.2) is 29.9 Å². The number of carbonyl (C=O) groups is 2. The van der Waals surface area contributed by atoms with Crippen LogP contribution in [0.15, 0.2) is 18.2 Å². The molecule has 5 nitrogen and oxygen atoms in total. The standard InChI is InChI=1S/C17H27N3O2/c1-4-5-6-11-18-16(21)14-8-7-9-15(20-14)17(22)19-12-10-13(2)3/h7-9,13H,4-6,10-12H2,1-3H3,(H,18,21)(H,19,22). The van der Waals surface area contributed by atoms with Crippen LogP contribution in [0.3, 0.4) is 0 Å². The summed E-state index contributed by atoms with van der Waals surface area (Å²) >= 11 is 0. The van der Waals surface area contributed by atoms with Crippen molar-refractivity contribution < 1.29 is 9.59 Å². The van der Waals surface area contributed by atoms with Crippen LogP contribution in [0.25, 0.3) is 0 Å². The molecule has 2 N–H and O–H groups in total. The molecule has 0 unspecified atom stereocenters. The minimum Gasteiger partial charge on any atom is -0.351 e. The first-order chi connectivity index (χ1) is 10.5. The van der Waals surface area contributed by atoms with E-state index in [2.05, 4.69) is 36.4 Å². The Hall–Kier alpha value is -1.91. The van der Waals surface area contributed by atoms with E-state index in [1.807, 2.05) is 0 Å². The average molecular weight is 305 g/mol. The summed E-state index contributed by atoms with van der Waals surface area (Å²) in [6.07, 6.45) is 4.08. The van der Waals surface area contributed by atoms with E-state index in [9.17, 15) is 9.59 Å². The molecule has 0 saturated heterocycles. The van der Waals surface area contributed by atoms with Gasteiger partial charge in [-0.25, -0.2) is 4.98 Å². The molecule has 1 aromatic rings. The summed E-state index contributed by atoms with van der Waals surface area (Å²) in [5.41, 5.74) is 0.568. The molecule has 22 heavy (non-hydrogen) atoms. The smallest absolute Gasteiger partial charge is 0.269 e. The van der Waals surface area contributed by atoms with E-state index < -0.39 is 0 Å². The zero-order valence-electron chi connectivity index (χ0n) is 13.8. The molecule has 0 saturated carbocycles. The molecule has 0 aliphatic rings. The van der Waals surface area contributed by atoms with Gasteiger partial charge in [0.25, 0.3) is 11.8 Å². The van der Waals surface area contributed by atoms with E-state index in [1.165, 1.54) is 0 Å². The summed E-state index contributed by atoms with van der Waals surface area (Å²) in [5.74, 6) is 0.0720. The van der Waals surface area contributed by atoms with Crippen molar-refractivity contribution in [1.82, 2.24) is 15.6 Å². The SMILES string of the molecule is CCCCCNC(=O)c1cccc(C(=O)NCCC(C)C)n1. The van der Waals surface area contributed by atoms with Crippen LogP contribution in [0.5, 0.6) is 0 Å². The molecule has 5 heteroatoms. The highest BCUT2D eigenvalue weighted by atomic mass is 16.2. The number of nitrogens with one attached hydrogen (secondary N) is 2. The van der Waals surface area contributed by atoms with Crippen molar-refractivity contribution in [3.8, 4) is 0 Å². The van der Waals surface area contributed by atoms with Gasteiger partial charge in [0.1, 0.15) is 11.4 Å². The first-order valence-electron chi connectivity index (χ1n) is 8.08. The maximum atomic E-state index is 12.0. The van der Waals surface area contributed by atoms with Crippen LogP contribution < -0.4 is 10.6 Å². The van der Waals surface area contributed by atoms with Crippen molar-refractivity contribution in [2.45, 2.75) is 46.5 Å². The predicted molar refractivity (Wildman–Crippen MR) is 87.9 cm³/mol. The fourth-order valence-corrected chi connectivity index (χ4v) is 1.92. The van der Waals surface area contributed by atoms with Gasteiger partial charge in [0, 0.05) is 13.1 Å². The molecule has 0 atom stereocenters. The van der Waals surface area contributed by atoms with Gasteiger partial charge < -0.3 is 10.6 Å². The Kier molecular flexibility index (Phi) is 8.18. The molecule has 0 fully saturated rings. The second-order valence-electron chi connectivity index (χ2n) is 5.81. The predicted octanol–water partition coefficient (Wildman–Crippen LogP) is 2.78. The van der Waals surface area contributed by atoms with Crippen molar-refractivity contribution in [2.24, 2.45) is 5.92 Å². The Balaban J connectivity index is 2.53. The molecule has 2 amide bonds. The number of carbonyl (C=O) groups excluding carboxylic acids is 2. The lowest BCUT2D eigenvalue weighted by Gasteiger charge is -2.08. The summed E-state index contributed by atoms with van der Waals surface area (Å²) in [6, 6.07) is 4.93. The van der Waals surface area contributed by atoms with E-state index >= 15 is 0 Å². The van der Waals surface area contributed by atoms with E-state index in [0.29, 0.717) is 19.0 Å². The molecule has 1 rings (SSSR count). The Morgan fingerprint density at radius 1 is 1.05 bits per heavy atom. The highest BCUT2D eigenvalue weighted by Crippen LogP contribution is 2.02. The van der Waals surface area contributed by atoms with Crippen LogP contribution in [0.1, 0.15) is 67.4 Å². The molecule has 1 aromatic heterocycles. The van der Waals surface area contributed by atoms with Gasteiger partial charge in [-0.05, 0) is 30.9 Å². The van der Waals surface area contributed by atoms with E-state index in [-0.39, 0.29) is 23.2 Å². The number of aromatic nitrogens is 1. The lowest BCUT2D eigenvalue weighted by molar-refractivity contribution is 0.0943. The molecule has 0 aliphatic carbocycles. The third kappa shape index (κ3) is 6.70. The monoisotopic (exact) mass is 305 g/mol. The first-order valence-corrected chi connectivity index (χ1v) is 8.08. The number of nitrogens with zero attached hydrogens (tertiary/aromatic N) is 1. The van der Waals surface area contributed by atoms with Crippen LogP contribution in [0.2, 0.25) is 0 Å². The van der Waals surface area contributed by atoms with E-state index in [4.69, 9.17) is 0 Å². The number of amides is 2. The van der Waals surface area contributed by atoms with Gasteiger partial charge in [0.2, 0.25) is 0 Å². The molecule has 0 aliphatic heterocycles. The number of unbranched alkanes of at least 4 members (excludes halogenated alkanes) is 2. The van der Waals surface area contributed by atoms with Gasteiger partial charge in [-0.1, -0.05) is 39.7 Å². The molecule has 0 aromatic carbocycles. The minimum absolute atomic E-state index is 0.229. The van der Waals surface area contributed by atoms with Gasteiger partial charge in [-0.2, -0.15) is 0 Å². The fourth-order valence-electron chi connectivity index (χ4n) is 1.92. The molecular formula is C17H27N3O2. The van der Waals surface area contributed by atoms with Gasteiger partial charge in [-0.3, -0.25) is 9.59 Å². The van der Waals surface area contributed by atoms with E-state index in [0.717, 1.165) is 25.7 Å². The van der Waals surface area contributed by atoms with Crippen LogP contribution >= 0.6 is 0 Å². The molecule has 0 spiro atoms. The summed E-state index contributed by atoms with van der Waals surface area (Å²) in [6.45, 7) is 7.58. The van der Waals surface area contributed by atoms with Crippen LogP contribution in [-0.2, 0) is 0 Å². The number of hydrogen-bond acceptors (Lipinski definition) is 3. The Morgan fingerprint density at radius 3 is 2.18 bits per heavy atom. The van der Waals surface area contributed by atoms with Gasteiger partial charge in [0.05, 0.1) is 0 Å². The zero-order valence-corrected chi connectivity index (χ0v) is 13.8. The van der Waals surface area contributed by atoms with Crippen molar-refractivity contribution in [1.29, 1.82) is 0 Å². The number of pyridine rings is 1. The summed E-state index contributed by atoms with van der Waals surface area (Å²) in [7, 11) is 0. The largest absolute Gasteiger partial charge is 0.351 e. The third-order valence-electron chi connectivity index (χ3n) is 3.29. The summed E-state index contributed by atoms with van der Waals surface area (Å²) in [4.78, 5) is 28.1. The average Bonchev–Trinajstić information content (AvgIpc) is 2.51. The molecule has 122 valence electrons. The van der Waals surface area contributed by atoms with Crippen LogP contribution in [0, 0.1) is 5.92 Å². The topological polar surface area (TPSA) is 71.1 Å². The Morgan fingerprint density at radius 2 is 1.64 bits per heavy atom. The second kappa shape index (κ2) is 9.92.